The van der Waals surface area contributed by atoms with E-state index in [0.717, 1.165) is 25.2 Å². The molecule has 1 aliphatic rings. The molecule has 0 amide bonds. The molecule has 2 heterocycles. The van der Waals surface area contributed by atoms with E-state index in [1.807, 2.05) is 6.07 Å². The molecule has 108 valence electrons. The number of hydrogen-bond acceptors (Lipinski definition) is 5. The monoisotopic (exact) mass is 283 g/mol. The standard InChI is InChI=1S/C15H17N5O/c16-15(19-21)12-9-18-14(10-17-12)20-8-4-3-6-11-5-1-2-7-13(11)20/h1-2,5,7,9-10,21H,3-4,6,8H2,(H2,16,19). The molecule has 3 rings (SSSR count). The first-order chi connectivity index (χ1) is 10.3. The first-order valence-electron chi connectivity index (χ1n) is 6.95. The highest BCUT2D eigenvalue weighted by Gasteiger charge is 2.17. The third-order valence-electron chi connectivity index (χ3n) is 3.65. The number of nitrogens with two attached hydrogens (primary N) is 1. The van der Waals surface area contributed by atoms with E-state index in [0.29, 0.717) is 5.69 Å². The van der Waals surface area contributed by atoms with E-state index in [1.54, 1.807) is 6.20 Å². The molecule has 3 N–H and O–H groups in total. The Morgan fingerprint density at radius 2 is 2.05 bits per heavy atom. The molecule has 21 heavy (non-hydrogen) atoms. The normalized spacial score (nSPS) is 15.4. The number of rotatable bonds is 2. The summed E-state index contributed by atoms with van der Waals surface area (Å²) >= 11 is 0. The topological polar surface area (TPSA) is 87.6 Å². The zero-order chi connectivity index (χ0) is 14.7. The number of oxime groups is 1. The summed E-state index contributed by atoms with van der Waals surface area (Å²) in [6, 6.07) is 8.37. The fourth-order valence-electron chi connectivity index (χ4n) is 2.57. The van der Waals surface area contributed by atoms with Crippen molar-refractivity contribution in [2.24, 2.45) is 10.9 Å². The molecular formula is C15H17N5O. The van der Waals surface area contributed by atoms with Gasteiger partial charge in [0.05, 0.1) is 12.4 Å². The molecule has 0 spiro atoms. The Labute approximate surface area is 122 Å². The largest absolute Gasteiger partial charge is 0.409 e. The Bertz CT molecular complexity index is 653. The number of amidine groups is 1. The lowest BCUT2D eigenvalue weighted by Gasteiger charge is -2.23. The van der Waals surface area contributed by atoms with Crippen molar-refractivity contribution in [1.82, 2.24) is 9.97 Å². The van der Waals surface area contributed by atoms with E-state index in [1.165, 1.54) is 23.9 Å². The Kier molecular flexibility index (Phi) is 3.68. The van der Waals surface area contributed by atoms with Crippen LogP contribution in [-0.2, 0) is 6.42 Å². The number of fused-ring (bicyclic) bond motifs is 1. The number of hydrogen-bond donors (Lipinski definition) is 2. The molecule has 6 heteroatoms. The number of aromatic nitrogens is 2. The van der Waals surface area contributed by atoms with Crippen molar-refractivity contribution in [3.05, 3.63) is 47.9 Å². The maximum atomic E-state index is 8.66. The fraction of sp³-hybridized carbons (Fsp3) is 0.267. The Morgan fingerprint density at radius 1 is 1.19 bits per heavy atom. The van der Waals surface area contributed by atoms with Crippen LogP contribution in [0.2, 0.25) is 0 Å². The maximum absolute atomic E-state index is 8.66. The van der Waals surface area contributed by atoms with Crippen molar-refractivity contribution < 1.29 is 5.21 Å². The lowest BCUT2D eigenvalue weighted by atomic mass is 10.1. The van der Waals surface area contributed by atoms with Crippen molar-refractivity contribution in [3.8, 4) is 0 Å². The van der Waals surface area contributed by atoms with Crippen LogP contribution < -0.4 is 10.6 Å². The second-order valence-corrected chi connectivity index (χ2v) is 4.98. The van der Waals surface area contributed by atoms with Gasteiger partial charge in [-0.3, -0.25) is 0 Å². The fourth-order valence-corrected chi connectivity index (χ4v) is 2.57. The van der Waals surface area contributed by atoms with Crippen LogP contribution in [0, 0.1) is 0 Å². The van der Waals surface area contributed by atoms with Gasteiger partial charge in [-0.2, -0.15) is 0 Å². The maximum Gasteiger partial charge on any atom is 0.190 e. The minimum Gasteiger partial charge on any atom is -0.409 e. The van der Waals surface area contributed by atoms with Crippen LogP contribution in [0.25, 0.3) is 0 Å². The van der Waals surface area contributed by atoms with Crippen molar-refractivity contribution in [1.29, 1.82) is 0 Å². The van der Waals surface area contributed by atoms with E-state index in [-0.39, 0.29) is 5.84 Å². The summed E-state index contributed by atoms with van der Waals surface area (Å²) in [6.07, 6.45) is 6.55. The van der Waals surface area contributed by atoms with Crippen molar-refractivity contribution >= 4 is 17.3 Å². The summed E-state index contributed by atoms with van der Waals surface area (Å²) in [7, 11) is 0. The lowest BCUT2D eigenvalue weighted by Crippen LogP contribution is -2.21. The average Bonchev–Trinajstić information content (AvgIpc) is 2.77. The van der Waals surface area contributed by atoms with Crippen LogP contribution in [0.3, 0.4) is 0 Å². The van der Waals surface area contributed by atoms with Crippen LogP contribution in [0.5, 0.6) is 0 Å². The van der Waals surface area contributed by atoms with Crippen LogP contribution in [0.15, 0.2) is 41.8 Å². The Hall–Kier alpha value is -2.63. The van der Waals surface area contributed by atoms with E-state index in [2.05, 4.69) is 38.2 Å². The number of benzene rings is 1. The van der Waals surface area contributed by atoms with Gasteiger partial charge in [-0.05, 0) is 30.9 Å². The number of aryl methyl sites for hydroxylation is 1. The van der Waals surface area contributed by atoms with Crippen molar-refractivity contribution in [3.63, 3.8) is 0 Å². The number of nitrogens with zero attached hydrogens (tertiary/aromatic N) is 4. The predicted molar refractivity (Wildman–Crippen MR) is 80.9 cm³/mol. The summed E-state index contributed by atoms with van der Waals surface area (Å²) in [5.41, 5.74) is 8.39. The van der Waals surface area contributed by atoms with Gasteiger partial charge in [0.15, 0.2) is 11.7 Å². The zero-order valence-corrected chi connectivity index (χ0v) is 11.6. The van der Waals surface area contributed by atoms with Crippen LogP contribution in [0.1, 0.15) is 24.1 Å². The predicted octanol–water partition coefficient (Wildman–Crippen LogP) is 2.05. The first-order valence-corrected chi connectivity index (χ1v) is 6.95. The molecule has 0 saturated carbocycles. The number of anilines is 2. The molecule has 2 aromatic rings. The summed E-state index contributed by atoms with van der Waals surface area (Å²) in [4.78, 5) is 10.8. The molecular weight excluding hydrogens is 266 g/mol. The quantitative estimate of drug-likeness (QED) is 0.381. The highest BCUT2D eigenvalue weighted by Crippen LogP contribution is 2.30. The SMILES string of the molecule is NC(=NO)c1cnc(N2CCCCc3ccccc32)cn1. The lowest BCUT2D eigenvalue weighted by molar-refractivity contribution is 0.318. The van der Waals surface area contributed by atoms with Crippen LogP contribution in [0.4, 0.5) is 11.5 Å². The smallest absolute Gasteiger partial charge is 0.190 e. The summed E-state index contributed by atoms with van der Waals surface area (Å²) in [6.45, 7) is 0.911. The molecule has 0 atom stereocenters. The minimum atomic E-state index is -0.0367. The number of para-hydroxylation sites is 1. The second kappa shape index (κ2) is 5.78. The highest BCUT2D eigenvalue weighted by atomic mass is 16.4. The zero-order valence-electron chi connectivity index (χ0n) is 11.6. The average molecular weight is 283 g/mol. The van der Waals surface area contributed by atoms with Gasteiger partial charge in [0.2, 0.25) is 0 Å². The van der Waals surface area contributed by atoms with Gasteiger partial charge in [-0.1, -0.05) is 23.4 Å². The molecule has 0 bridgehead atoms. The van der Waals surface area contributed by atoms with E-state index in [4.69, 9.17) is 10.9 Å². The Balaban J connectivity index is 1.96. The van der Waals surface area contributed by atoms with Gasteiger partial charge in [0.1, 0.15) is 5.69 Å². The van der Waals surface area contributed by atoms with Crippen LogP contribution >= 0.6 is 0 Å². The third-order valence-corrected chi connectivity index (χ3v) is 3.65. The molecule has 1 aromatic carbocycles. The molecule has 6 nitrogen and oxygen atoms in total. The van der Waals surface area contributed by atoms with Gasteiger partial charge < -0.3 is 15.8 Å². The minimum absolute atomic E-state index is 0.0367. The molecule has 0 radical (unpaired) electrons. The summed E-state index contributed by atoms with van der Waals surface area (Å²) < 4.78 is 0. The highest BCUT2D eigenvalue weighted by molar-refractivity contribution is 5.94. The Morgan fingerprint density at radius 3 is 2.81 bits per heavy atom. The summed E-state index contributed by atoms with van der Waals surface area (Å²) in [5, 5.41) is 11.6. The summed E-state index contributed by atoms with van der Waals surface area (Å²) in [5.74, 6) is 0.740. The second-order valence-electron chi connectivity index (χ2n) is 4.98. The third kappa shape index (κ3) is 2.65. The van der Waals surface area contributed by atoms with E-state index < -0.39 is 0 Å². The van der Waals surface area contributed by atoms with E-state index >= 15 is 0 Å². The van der Waals surface area contributed by atoms with Crippen molar-refractivity contribution in [2.75, 3.05) is 11.4 Å². The van der Waals surface area contributed by atoms with Crippen LogP contribution in [-0.4, -0.2) is 27.6 Å². The van der Waals surface area contributed by atoms with Gasteiger partial charge in [-0.15, -0.1) is 0 Å². The van der Waals surface area contributed by atoms with Gasteiger partial charge in [0, 0.05) is 12.2 Å². The van der Waals surface area contributed by atoms with Gasteiger partial charge >= 0.3 is 0 Å². The molecule has 0 aliphatic carbocycles. The molecule has 1 aromatic heterocycles. The molecule has 1 aliphatic heterocycles. The van der Waals surface area contributed by atoms with Gasteiger partial charge in [-0.25, -0.2) is 9.97 Å². The molecule has 0 unspecified atom stereocenters. The molecule has 0 fully saturated rings. The van der Waals surface area contributed by atoms with Gasteiger partial charge in [0.25, 0.3) is 0 Å². The molecule has 0 saturated heterocycles. The van der Waals surface area contributed by atoms with E-state index in [9.17, 15) is 0 Å². The first kappa shape index (κ1) is 13.4. The van der Waals surface area contributed by atoms with Crippen molar-refractivity contribution in [2.45, 2.75) is 19.3 Å².